The van der Waals surface area contributed by atoms with Crippen molar-refractivity contribution in [2.75, 3.05) is 17.5 Å². The molecule has 252 valence electrons. The van der Waals surface area contributed by atoms with Gasteiger partial charge in [-0.15, -0.1) is 0 Å². The van der Waals surface area contributed by atoms with Crippen molar-refractivity contribution in [2.24, 2.45) is 0 Å². The Morgan fingerprint density at radius 3 is 2.15 bits per heavy atom. The van der Waals surface area contributed by atoms with Crippen LogP contribution in [0.3, 0.4) is 0 Å². The number of aryl methyl sites for hydroxylation is 1. The van der Waals surface area contributed by atoms with Crippen molar-refractivity contribution in [1.29, 1.82) is 0 Å². The lowest BCUT2D eigenvalue weighted by Gasteiger charge is -2.34. The molecular weight excluding hydrogens is 646 g/mol. The summed E-state index contributed by atoms with van der Waals surface area (Å²) in [5.41, 5.74) is 3.07. The molecule has 0 heterocycles. The van der Waals surface area contributed by atoms with E-state index in [1.54, 1.807) is 24.3 Å². The van der Waals surface area contributed by atoms with Crippen LogP contribution in [0, 0.1) is 6.92 Å². The lowest BCUT2D eigenvalue weighted by atomic mass is 10.0. The maximum absolute atomic E-state index is 14.7. The molecule has 0 saturated heterocycles. The highest BCUT2D eigenvalue weighted by molar-refractivity contribution is 7.92. The fraction of sp³-hybridized carbons (Fsp3) is 0.316. The standard InChI is InChI=1S/C38H42ClN3O5S/c1-3-47-34-21-19-33(20-22-34)42(48(45,46)35-23-17-31(39)18-24-35)27-37(43)41(26-30-15-13-28(2)14-16-30)36(25-29-9-5-4-6-10-29)38(44)40-32-11-7-8-12-32/h4-6,9-10,13-24,32,36H,3,7-8,11-12,25-27H2,1-2H3,(H,40,44)/t36-/m0/s1. The van der Waals surface area contributed by atoms with Crippen molar-refractivity contribution in [2.45, 2.75) is 69.5 Å². The molecule has 4 aromatic rings. The summed E-state index contributed by atoms with van der Waals surface area (Å²) in [6.45, 7) is 3.88. The molecule has 0 aliphatic heterocycles. The molecule has 4 aromatic carbocycles. The van der Waals surface area contributed by atoms with Gasteiger partial charge in [0.2, 0.25) is 11.8 Å². The number of halogens is 1. The molecular formula is C38H42ClN3O5S. The summed E-state index contributed by atoms with van der Waals surface area (Å²) >= 11 is 6.09. The van der Waals surface area contributed by atoms with Crippen molar-refractivity contribution in [3.8, 4) is 5.75 Å². The Bertz CT molecular complexity index is 1760. The highest BCUT2D eigenvalue weighted by Crippen LogP contribution is 2.28. The van der Waals surface area contributed by atoms with Crippen LogP contribution in [0.4, 0.5) is 5.69 Å². The first kappa shape index (κ1) is 35.0. The van der Waals surface area contributed by atoms with Gasteiger partial charge in [-0.25, -0.2) is 8.42 Å². The van der Waals surface area contributed by atoms with Crippen molar-refractivity contribution in [3.63, 3.8) is 0 Å². The number of amides is 2. The first-order chi connectivity index (χ1) is 23.1. The van der Waals surface area contributed by atoms with Gasteiger partial charge in [-0.2, -0.15) is 0 Å². The van der Waals surface area contributed by atoms with Crippen molar-refractivity contribution < 1.29 is 22.7 Å². The molecule has 1 aliphatic carbocycles. The largest absolute Gasteiger partial charge is 0.494 e. The van der Waals surface area contributed by atoms with E-state index < -0.39 is 28.5 Å². The second-order valence-electron chi connectivity index (χ2n) is 12.1. The summed E-state index contributed by atoms with van der Waals surface area (Å²) in [7, 11) is -4.24. The number of benzene rings is 4. The predicted molar refractivity (Wildman–Crippen MR) is 190 cm³/mol. The third kappa shape index (κ3) is 8.96. The highest BCUT2D eigenvalue weighted by Gasteiger charge is 2.35. The normalized spacial score (nSPS) is 13.9. The van der Waals surface area contributed by atoms with Crippen molar-refractivity contribution >= 4 is 39.1 Å². The zero-order chi connectivity index (χ0) is 34.1. The Labute approximate surface area is 288 Å². The van der Waals surface area contributed by atoms with Crippen molar-refractivity contribution in [3.05, 3.63) is 125 Å². The van der Waals surface area contributed by atoms with Gasteiger partial charge in [-0.05, 0) is 86.3 Å². The van der Waals surface area contributed by atoms with E-state index in [9.17, 15) is 18.0 Å². The Kier molecular flexibility index (Phi) is 11.8. The van der Waals surface area contributed by atoms with Crippen LogP contribution in [0.25, 0.3) is 0 Å². The molecule has 0 unspecified atom stereocenters. The van der Waals surface area contributed by atoms with Crippen LogP contribution >= 0.6 is 11.6 Å². The summed E-state index contributed by atoms with van der Waals surface area (Å²) in [5, 5.41) is 3.59. The third-order valence-electron chi connectivity index (χ3n) is 8.56. The number of rotatable bonds is 14. The van der Waals surface area contributed by atoms with Crippen LogP contribution in [0.5, 0.6) is 5.75 Å². The molecule has 1 N–H and O–H groups in total. The molecule has 8 nitrogen and oxygen atoms in total. The van der Waals surface area contributed by atoms with Crippen LogP contribution in [0.1, 0.15) is 49.3 Å². The molecule has 48 heavy (non-hydrogen) atoms. The second kappa shape index (κ2) is 16.2. The van der Waals surface area contributed by atoms with Gasteiger partial charge in [0, 0.05) is 24.0 Å². The fourth-order valence-corrected chi connectivity index (χ4v) is 7.49. The number of hydrogen-bond acceptors (Lipinski definition) is 5. The minimum Gasteiger partial charge on any atom is -0.494 e. The van der Waals surface area contributed by atoms with E-state index in [1.165, 1.54) is 29.2 Å². The van der Waals surface area contributed by atoms with Gasteiger partial charge < -0.3 is 15.0 Å². The second-order valence-corrected chi connectivity index (χ2v) is 14.4. The smallest absolute Gasteiger partial charge is 0.264 e. The molecule has 1 aliphatic rings. The van der Waals surface area contributed by atoms with Crippen LogP contribution in [0.15, 0.2) is 108 Å². The third-order valence-corrected chi connectivity index (χ3v) is 10.6. The van der Waals surface area contributed by atoms with E-state index in [2.05, 4.69) is 5.32 Å². The Hall–Kier alpha value is -4.34. The number of nitrogens with zero attached hydrogens (tertiary/aromatic N) is 2. The molecule has 1 saturated carbocycles. The molecule has 2 amide bonds. The molecule has 0 aromatic heterocycles. The van der Waals surface area contributed by atoms with Crippen LogP contribution < -0.4 is 14.4 Å². The predicted octanol–water partition coefficient (Wildman–Crippen LogP) is 6.94. The maximum Gasteiger partial charge on any atom is 0.264 e. The van der Waals surface area contributed by atoms with Crippen LogP contribution in [-0.4, -0.2) is 50.4 Å². The summed E-state index contributed by atoms with van der Waals surface area (Å²) < 4.78 is 35.1. The van der Waals surface area contributed by atoms with Gasteiger partial charge in [0.15, 0.2) is 0 Å². The van der Waals surface area contributed by atoms with E-state index in [0.29, 0.717) is 17.4 Å². The van der Waals surface area contributed by atoms with Gasteiger partial charge in [-0.3, -0.25) is 13.9 Å². The summed E-state index contributed by atoms with van der Waals surface area (Å²) in [4.78, 5) is 30.3. The van der Waals surface area contributed by atoms with Gasteiger partial charge in [0.1, 0.15) is 18.3 Å². The molecule has 0 radical (unpaired) electrons. The Morgan fingerprint density at radius 2 is 1.52 bits per heavy atom. The van der Waals surface area contributed by atoms with E-state index in [1.807, 2.05) is 68.4 Å². The average Bonchev–Trinajstić information content (AvgIpc) is 3.60. The number of carbonyl (C=O) groups is 2. The molecule has 5 rings (SSSR count). The van der Waals surface area contributed by atoms with Gasteiger partial charge in [0.25, 0.3) is 10.0 Å². The average molecular weight is 688 g/mol. The summed E-state index contributed by atoms with van der Waals surface area (Å²) in [6, 6.07) is 28.9. The lowest BCUT2D eigenvalue weighted by Crippen LogP contribution is -2.54. The molecule has 0 spiro atoms. The quantitative estimate of drug-likeness (QED) is 0.155. The Balaban J connectivity index is 1.56. The number of nitrogens with one attached hydrogen (secondary N) is 1. The van der Waals surface area contributed by atoms with Gasteiger partial charge in [-0.1, -0.05) is 84.6 Å². The topological polar surface area (TPSA) is 96.0 Å². The van der Waals surface area contributed by atoms with Crippen LogP contribution in [-0.2, 0) is 32.6 Å². The molecule has 1 atom stereocenters. The van der Waals surface area contributed by atoms with E-state index in [-0.39, 0.29) is 35.5 Å². The summed E-state index contributed by atoms with van der Waals surface area (Å²) in [5.74, 6) is -0.187. The summed E-state index contributed by atoms with van der Waals surface area (Å²) in [6.07, 6.45) is 4.13. The van der Waals surface area contributed by atoms with Crippen molar-refractivity contribution in [1.82, 2.24) is 10.2 Å². The first-order valence-electron chi connectivity index (χ1n) is 16.3. The zero-order valence-electron chi connectivity index (χ0n) is 27.3. The molecule has 1 fully saturated rings. The Morgan fingerprint density at radius 1 is 0.875 bits per heavy atom. The monoisotopic (exact) mass is 687 g/mol. The van der Waals surface area contributed by atoms with Gasteiger partial charge in [0.05, 0.1) is 17.2 Å². The van der Waals surface area contributed by atoms with Gasteiger partial charge >= 0.3 is 0 Å². The minimum atomic E-state index is -4.24. The first-order valence-corrected chi connectivity index (χ1v) is 18.2. The number of ether oxygens (including phenoxy) is 1. The molecule has 10 heteroatoms. The number of carbonyl (C=O) groups excluding carboxylic acids is 2. The number of anilines is 1. The lowest BCUT2D eigenvalue weighted by molar-refractivity contribution is -0.140. The van der Waals surface area contributed by atoms with Crippen LogP contribution in [0.2, 0.25) is 5.02 Å². The number of hydrogen-bond donors (Lipinski definition) is 1. The zero-order valence-corrected chi connectivity index (χ0v) is 28.9. The number of sulfonamides is 1. The van der Waals surface area contributed by atoms with E-state index in [4.69, 9.17) is 16.3 Å². The molecule has 0 bridgehead atoms. The van der Waals surface area contributed by atoms with E-state index >= 15 is 0 Å². The fourth-order valence-electron chi connectivity index (χ4n) is 5.95. The minimum absolute atomic E-state index is 0.0153. The van der Waals surface area contributed by atoms with E-state index in [0.717, 1.165) is 46.7 Å². The SMILES string of the molecule is CCOc1ccc(N(CC(=O)N(Cc2ccc(C)cc2)[C@@H](Cc2ccccc2)C(=O)NC2CCCC2)S(=O)(=O)c2ccc(Cl)cc2)cc1. The maximum atomic E-state index is 14.7. The highest BCUT2D eigenvalue weighted by atomic mass is 35.5.